The van der Waals surface area contributed by atoms with Crippen molar-refractivity contribution in [3.8, 4) is 0 Å². The van der Waals surface area contributed by atoms with Crippen LogP contribution in [0.15, 0.2) is 36.5 Å². The zero-order valence-corrected chi connectivity index (χ0v) is 16.5. The van der Waals surface area contributed by atoms with Crippen molar-refractivity contribution in [3.63, 3.8) is 0 Å². The molecule has 1 atom stereocenters. The second-order valence-corrected chi connectivity index (χ2v) is 12.2. The van der Waals surface area contributed by atoms with Gasteiger partial charge in [-0.2, -0.15) is 0 Å². The molecule has 2 nitrogen and oxygen atoms in total. The van der Waals surface area contributed by atoms with Crippen LogP contribution >= 0.6 is 0 Å². The van der Waals surface area contributed by atoms with E-state index in [9.17, 15) is 4.79 Å². The topological polar surface area (TPSA) is 26.3 Å². The first-order valence-corrected chi connectivity index (χ1v) is 11.1. The summed E-state index contributed by atoms with van der Waals surface area (Å²) in [5.41, 5.74) is 0. The van der Waals surface area contributed by atoms with Crippen molar-refractivity contribution in [2.45, 2.75) is 65.6 Å². The highest BCUT2D eigenvalue weighted by Crippen LogP contribution is 2.36. The third kappa shape index (κ3) is 9.16. The van der Waals surface area contributed by atoms with Crippen LogP contribution in [0, 0.1) is 5.92 Å². The van der Waals surface area contributed by atoms with E-state index in [2.05, 4.69) is 46.9 Å². The van der Waals surface area contributed by atoms with Gasteiger partial charge in [0.05, 0.1) is 6.61 Å². The number of rotatable bonds is 9. The Morgan fingerprint density at radius 3 is 2.36 bits per heavy atom. The minimum Gasteiger partial charge on any atom is -0.413 e. The first kappa shape index (κ1) is 21.1. The molecule has 0 unspecified atom stereocenters. The van der Waals surface area contributed by atoms with Crippen LogP contribution in [0.2, 0.25) is 18.1 Å². The lowest BCUT2D eigenvalue weighted by Crippen LogP contribution is -2.40. The van der Waals surface area contributed by atoms with E-state index < -0.39 is 8.32 Å². The fourth-order valence-corrected chi connectivity index (χ4v) is 2.59. The summed E-state index contributed by atoms with van der Waals surface area (Å²) in [7, 11) is -1.71. The summed E-state index contributed by atoms with van der Waals surface area (Å²) in [5, 5.41) is 0.207. The van der Waals surface area contributed by atoms with Crippen LogP contribution in [0.1, 0.15) is 47.5 Å². The quantitative estimate of drug-likeness (QED) is 0.310. The van der Waals surface area contributed by atoms with Gasteiger partial charge in [0.25, 0.3) is 0 Å². The fraction of sp³-hybridized carbons (Fsp3) is 0.632. The zero-order valence-electron chi connectivity index (χ0n) is 15.5. The summed E-state index contributed by atoms with van der Waals surface area (Å²) >= 11 is 0. The Kier molecular flexibility index (Phi) is 9.54. The van der Waals surface area contributed by atoms with Gasteiger partial charge in [-0.3, -0.25) is 4.79 Å². The lowest BCUT2D eigenvalue weighted by Gasteiger charge is -2.35. The highest BCUT2D eigenvalue weighted by atomic mass is 28.4. The number of allylic oxidation sites excluding steroid dienone is 5. The Morgan fingerprint density at radius 1 is 1.18 bits per heavy atom. The molecule has 0 spiro atoms. The third-order valence-electron chi connectivity index (χ3n) is 4.18. The first-order chi connectivity index (χ1) is 10.1. The molecule has 0 amide bonds. The van der Waals surface area contributed by atoms with Crippen molar-refractivity contribution in [1.82, 2.24) is 0 Å². The predicted molar refractivity (Wildman–Crippen MR) is 99.6 cm³/mol. The van der Waals surface area contributed by atoms with E-state index >= 15 is 0 Å². The van der Waals surface area contributed by atoms with Crippen molar-refractivity contribution in [2.75, 3.05) is 6.61 Å². The van der Waals surface area contributed by atoms with Crippen LogP contribution in [0.4, 0.5) is 0 Å². The summed E-state index contributed by atoms with van der Waals surface area (Å²) < 4.78 is 6.02. The molecule has 0 heterocycles. The molecule has 0 aromatic carbocycles. The summed E-state index contributed by atoms with van der Waals surface area (Å²) in [6, 6.07) is 0. The third-order valence-corrected chi connectivity index (χ3v) is 8.68. The van der Waals surface area contributed by atoms with Gasteiger partial charge in [0, 0.05) is 6.42 Å². The summed E-state index contributed by atoms with van der Waals surface area (Å²) in [5.74, 6) is 0.561. The first-order valence-electron chi connectivity index (χ1n) is 8.21. The highest BCUT2D eigenvalue weighted by Gasteiger charge is 2.36. The average Bonchev–Trinajstić information content (AvgIpc) is 2.38. The molecule has 0 saturated heterocycles. The van der Waals surface area contributed by atoms with E-state index in [1.54, 1.807) is 6.08 Å². The molecule has 22 heavy (non-hydrogen) atoms. The normalized spacial score (nSPS) is 15.2. The lowest BCUT2D eigenvalue weighted by molar-refractivity contribution is -0.115. The van der Waals surface area contributed by atoms with Crippen LogP contribution in [0.5, 0.6) is 0 Å². The molecule has 0 aliphatic heterocycles. The van der Waals surface area contributed by atoms with Gasteiger partial charge in [0.15, 0.2) is 14.1 Å². The largest absolute Gasteiger partial charge is 0.413 e. The molecule has 0 aliphatic carbocycles. The van der Waals surface area contributed by atoms with Gasteiger partial charge in [-0.05, 0) is 43.5 Å². The molecule has 0 radical (unpaired) electrons. The van der Waals surface area contributed by atoms with E-state index in [0.717, 1.165) is 6.42 Å². The van der Waals surface area contributed by atoms with E-state index in [1.807, 2.05) is 31.2 Å². The van der Waals surface area contributed by atoms with Crippen molar-refractivity contribution in [1.29, 1.82) is 0 Å². The number of ketones is 1. The van der Waals surface area contributed by atoms with Gasteiger partial charge in [0.1, 0.15) is 0 Å². The van der Waals surface area contributed by atoms with Crippen LogP contribution < -0.4 is 0 Å². The highest BCUT2D eigenvalue weighted by molar-refractivity contribution is 6.74. The van der Waals surface area contributed by atoms with Gasteiger partial charge in [-0.15, -0.1) is 0 Å². The molecular weight excluding hydrogens is 288 g/mol. The van der Waals surface area contributed by atoms with Gasteiger partial charge < -0.3 is 4.43 Å². The minimum atomic E-state index is -1.71. The molecule has 0 aromatic heterocycles. The lowest BCUT2D eigenvalue weighted by atomic mass is 10.0. The van der Waals surface area contributed by atoms with Crippen molar-refractivity contribution < 1.29 is 9.22 Å². The number of carbonyl (C=O) groups is 1. The van der Waals surface area contributed by atoms with Crippen LogP contribution in [0.25, 0.3) is 0 Å². The van der Waals surface area contributed by atoms with Gasteiger partial charge in [0.2, 0.25) is 0 Å². The van der Waals surface area contributed by atoms with Gasteiger partial charge in [-0.25, -0.2) is 0 Å². The number of hydrogen-bond acceptors (Lipinski definition) is 2. The van der Waals surface area contributed by atoms with Crippen LogP contribution in [-0.2, 0) is 9.22 Å². The van der Waals surface area contributed by atoms with Crippen molar-refractivity contribution in [2.24, 2.45) is 5.92 Å². The maximum absolute atomic E-state index is 11.9. The second-order valence-electron chi connectivity index (χ2n) is 7.44. The molecule has 0 fully saturated rings. The smallest absolute Gasteiger partial charge is 0.192 e. The Balaban J connectivity index is 4.12. The Morgan fingerprint density at radius 2 is 1.82 bits per heavy atom. The van der Waals surface area contributed by atoms with E-state index in [-0.39, 0.29) is 10.8 Å². The Bertz CT molecular complexity index is 412. The Labute approximate surface area is 138 Å². The second kappa shape index (κ2) is 9.96. The van der Waals surface area contributed by atoms with Crippen LogP contribution in [0.3, 0.4) is 0 Å². The zero-order chi connectivity index (χ0) is 17.2. The standard InChI is InChI=1S/C19H34O2Si/c1-8-9-10-11-13-17(2)16-18(20)14-12-15-21-22(6,7)19(3,4)5/h8-12,14,17H,13,15-16H2,1-7H3/b9-8+,11-10+,14-12-/t17-/m1/s1. The Hall–Kier alpha value is -0.933. The van der Waals surface area contributed by atoms with E-state index in [4.69, 9.17) is 4.43 Å². The molecule has 0 bridgehead atoms. The molecule has 0 rings (SSSR count). The van der Waals surface area contributed by atoms with Crippen LogP contribution in [-0.4, -0.2) is 20.7 Å². The maximum atomic E-state index is 11.9. The molecule has 126 valence electrons. The summed E-state index contributed by atoms with van der Waals surface area (Å²) in [6.07, 6.45) is 13.2. The molecule has 0 aliphatic rings. The molecule has 0 N–H and O–H groups in total. The fourth-order valence-electron chi connectivity index (χ4n) is 1.65. The molecule has 0 saturated carbocycles. The predicted octanol–water partition coefficient (Wildman–Crippen LogP) is 5.68. The monoisotopic (exact) mass is 322 g/mol. The summed E-state index contributed by atoms with van der Waals surface area (Å²) in [6.45, 7) is 15.7. The maximum Gasteiger partial charge on any atom is 0.192 e. The van der Waals surface area contributed by atoms with Gasteiger partial charge >= 0.3 is 0 Å². The van der Waals surface area contributed by atoms with Crippen molar-refractivity contribution in [3.05, 3.63) is 36.5 Å². The van der Waals surface area contributed by atoms with Crippen molar-refractivity contribution >= 4 is 14.1 Å². The number of carbonyl (C=O) groups excluding carboxylic acids is 1. The molecule has 3 heteroatoms. The van der Waals surface area contributed by atoms with E-state index in [0.29, 0.717) is 18.9 Å². The average molecular weight is 323 g/mol. The van der Waals surface area contributed by atoms with E-state index in [1.165, 1.54) is 0 Å². The molecular formula is C19H34O2Si. The van der Waals surface area contributed by atoms with Gasteiger partial charge in [-0.1, -0.05) is 58.1 Å². The molecule has 0 aromatic rings. The SMILES string of the molecule is C/C=C/C=C/C[C@@H](C)CC(=O)/C=C\CO[Si](C)(C)C(C)(C)C. The minimum absolute atomic E-state index is 0.186. The number of hydrogen-bond donors (Lipinski definition) is 0. The summed E-state index contributed by atoms with van der Waals surface area (Å²) in [4.78, 5) is 11.9.